The van der Waals surface area contributed by atoms with Crippen LogP contribution in [0.15, 0.2) is 18.3 Å². The molecule has 0 radical (unpaired) electrons. The number of H-pyrrole nitrogens is 1. The van der Waals surface area contributed by atoms with E-state index in [1.54, 1.807) is 6.20 Å². The fraction of sp³-hybridized carbons (Fsp3) is 0.583. The van der Waals surface area contributed by atoms with E-state index in [0.29, 0.717) is 18.2 Å². The second kappa shape index (κ2) is 5.71. The van der Waals surface area contributed by atoms with Crippen molar-refractivity contribution in [2.45, 2.75) is 20.8 Å². The molecule has 1 aromatic rings. The first kappa shape index (κ1) is 12.0. The minimum atomic E-state index is 0.169. The second-order valence-corrected chi connectivity index (χ2v) is 4.23. The molecule has 0 fully saturated rings. The summed E-state index contributed by atoms with van der Waals surface area (Å²) in [4.78, 5) is 16.9. The van der Waals surface area contributed by atoms with E-state index >= 15 is 0 Å². The highest BCUT2D eigenvalue weighted by Crippen LogP contribution is 2.02. The third-order valence-electron chi connectivity index (χ3n) is 2.34. The fourth-order valence-corrected chi connectivity index (χ4v) is 1.61. The lowest BCUT2D eigenvalue weighted by molar-refractivity contribution is 0.0922. The van der Waals surface area contributed by atoms with Crippen LogP contribution < -0.4 is 0 Å². The maximum atomic E-state index is 11.8. The molecule has 1 aromatic heterocycles. The topological polar surface area (TPSA) is 36.1 Å². The van der Waals surface area contributed by atoms with Crippen molar-refractivity contribution in [2.75, 3.05) is 19.6 Å². The Morgan fingerprint density at radius 3 is 2.73 bits per heavy atom. The van der Waals surface area contributed by atoms with Gasteiger partial charge in [-0.15, -0.1) is 0 Å². The van der Waals surface area contributed by atoms with Crippen molar-refractivity contribution in [3.05, 3.63) is 24.0 Å². The zero-order chi connectivity index (χ0) is 11.3. The fourth-order valence-electron chi connectivity index (χ4n) is 1.61. The largest absolute Gasteiger partial charge is 0.359 e. The first-order chi connectivity index (χ1) is 7.13. The molecule has 3 heteroatoms. The van der Waals surface area contributed by atoms with Crippen LogP contribution in [0.4, 0.5) is 0 Å². The number of rotatable bonds is 6. The molecule has 0 amide bonds. The van der Waals surface area contributed by atoms with E-state index in [4.69, 9.17) is 0 Å². The van der Waals surface area contributed by atoms with Crippen molar-refractivity contribution < 1.29 is 4.79 Å². The van der Waals surface area contributed by atoms with E-state index in [9.17, 15) is 4.79 Å². The smallest absolute Gasteiger partial charge is 0.192 e. The van der Waals surface area contributed by atoms with Gasteiger partial charge < -0.3 is 4.98 Å². The molecule has 1 rings (SSSR count). The first-order valence-electron chi connectivity index (χ1n) is 5.52. The average molecular weight is 208 g/mol. The number of ketones is 1. The molecule has 0 atom stereocenters. The van der Waals surface area contributed by atoms with Crippen molar-refractivity contribution in [1.29, 1.82) is 0 Å². The Kier molecular flexibility index (Phi) is 4.56. The normalized spacial score (nSPS) is 11.3. The molecule has 1 N–H and O–H groups in total. The molecule has 0 aromatic carbocycles. The Bertz CT molecular complexity index is 291. The number of nitrogens with one attached hydrogen (secondary N) is 1. The lowest BCUT2D eigenvalue weighted by Gasteiger charge is -2.21. The Hall–Kier alpha value is -1.09. The minimum absolute atomic E-state index is 0.169. The van der Waals surface area contributed by atoms with Gasteiger partial charge in [-0.05, 0) is 24.6 Å². The quantitative estimate of drug-likeness (QED) is 0.727. The molecular weight excluding hydrogens is 188 g/mol. The SMILES string of the molecule is CCN(CC(=O)c1ccc[nH]1)CC(C)C. The van der Waals surface area contributed by atoms with E-state index in [-0.39, 0.29) is 5.78 Å². The van der Waals surface area contributed by atoms with Crippen LogP contribution in [0.2, 0.25) is 0 Å². The van der Waals surface area contributed by atoms with Crippen molar-refractivity contribution in [3.8, 4) is 0 Å². The van der Waals surface area contributed by atoms with Gasteiger partial charge in [0.1, 0.15) is 0 Å². The first-order valence-corrected chi connectivity index (χ1v) is 5.52. The summed E-state index contributed by atoms with van der Waals surface area (Å²) in [5.74, 6) is 0.767. The number of hydrogen-bond acceptors (Lipinski definition) is 2. The summed E-state index contributed by atoms with van der Waals surface area (Å²) < 4.78 is 0. The number of nitrogens with zero attached hydrogens (tertiary/aromatic N) is 1. The predicted molar refractivity (Wildman–Crippen MR) is 62.1 cm³/mol. The van der Waals surface area contributed by atoms with Crippen LogP contribution in [0.3, 0.4) is 0 Å². The molecule has 15 heavy (non-hydrogen) atoms. The summed E-state index contributed by atoms with van der Waals surface area (Å²) in [5, 5.41) is 0. The number of aromatic amines is 1. The third kappa shape index (κ3) is 3.88. The zero-order valence-corrected chi connectivity index (χ0v) is 9.79. The monoisotopic (exact) mass is 208 g/mol. The lowest BCUT2D eigenvalue weighted by Crippen LogP contribution is -2.33. The van der Waals surface area contributed by atoms with E-state index < -0.39 is 0 Å². The molecule has 84 valence electrons. The van der Waals surface area contributed by atoms with Crippen LogP contribution in [-0.2, 0) is 0 Å². The minimum Gasteiger partial charge on any atom is -0.359 e. The van der Waals surface area contributed by atoms with Gasteiger partial charge in [-0.3, -0.25) is 9.69 Å². The molecule has 0 spiro atoms. The lowest BCUT2D eigenvalue weighted by atomic mass is 10.2. The van der Waals surface area contributed by atoms with Crippen LogP contribution in [0.1, 0.15) is 31.3 Å². The molecule has 0 unspecified atom stereocenters. The second-order valence-electron chi connectivity index (χ2n) is 4.23. The molecule has 0 saturated heterocycles. The Labute approximate surface area is 91.5 Å². The Morgan fingerprint density at radius 2 is 2.27 bits per heavy atom. The van der Waals surface area contributed by atoms with E-state index in [1.807, 2.05) is 12.1 Å². The highest BCUT2D eigenvalue weighted by Gasteiger charge is 2.12. The summed E-state index contributed by atoms with van der Waals surface area (Å²) in [6.45, 7) is 8.83. The number of hydrogen-bond donors (Lipinski definition) is 1. The van der Waals surface area contributed by atoms with Gasteiger partial charge in [0.25, 0.3) is 0 Å². The van der Waals surface area contributed by atoms with Crippen LogP contribution in [0, 0.1) is 5.92 Å². The maximum absolute atomic E-state index is 11.8. The number of Topliss-reactive ketones (excluding diaryl/α,β-unsaturated/α-hetero) is 1. The number of carbonyl (C=O) groups is 1. The molecule has 0 aliphatic rings. The highest BCUT2D eigenvalue weighted by molar-refractivity contribution is 5.95. The molecule has 0 aliphatic carbocycles. The van der Waals surface area contributed by atoms with Gasteiger partial charge in [0, 0.05) is 12.7 Å². The molecule has 3 nitrogen and oxygen atoms in total. The standard InChI is InChI=1S/C12H20N2O/c1-4-14(8-10(2)3)9-12(15)11-6-5-7-13-11/h5-7,10,13H,4,8-9H2,1-3H3. The molecule has 1 heterocycles. The van der Waals surface area contributed by atoms with Crippen molar-refractivity contribution in [2.24, 2.45) is 5.92 Å². The van der Waals surface area contributed by atoms with Crippen molar-refractivity contribution in [1.82, 2.24) is 9.88 Å². The maximum Gasteiger partial charge on any atom is 0.192 e. The highest BCUT2D eigenvalue weighted by atomic mass is 16.1. The van der Waals surface area contributed by atoms with E-state index in [1.165, 1.54) is 0 Å². The number of carbonyl (C=O) groups excluding carboxylic acids is 1. The molecular formula is C12H20N2O. The van der Waals surface area contributed by atoms with E-state index in [2.05, 4.69) is 30.7 Å². The van der Waals surface area contributed by atoms with Crippen LogP contribution >= 0.6 is 0 Å². The average Bonchev–Trinajstić information content (AvgIpc) is 2.68. The number of likely N-dealkylation sites (N-methyl/N-ethyl adjacent to an activating group) is 1. The molecule has 0 bridgehead atoms. The van der Waals surface area contributed by atoms with E-state index in [0.717, 1.165) is 13.1 Å². The summed E-state index contributed by atoms with van der Waals surface area (Å²) in [6, 6.07) is 3.68. The van der Waals surface area contributed by atoms with Gasteiger partial charge in [-0.1, -0.05) is 20.8 Å². The van der Waals surface area contributed by atoms with Gasteiger partial charge in [0.05, 0.1) is 12.2 Å². The zero-order valence-electron chi connectivity index (χ0n) is 9.79. The molecule has 0 saturated carbocycles. The Balaban J connectivity index is 2.48. The summed E-state index contributed by atoms with van der Waals surface area (Å²) in [5.41, 5.74) is 0.706. The van der Waals surface area contributed by atoms with Crippen LogP contribution in [-0.4, -0.2) is 35.3 Å². The summed E-state index contributed by atoms with van der Waals surface area (Å²) >= 11 is 0. The molecule has 0 aliphatic heterocycles. The number of aromatic nitrogens is 1. The van der Waals surface area contributed by atoms with Crippen LogP contribution in [0.25, 0.3) is 0 Å². The summed E-state index contributed by atoms with van der Waals surface area (Å²) in [6.07, 6.45) is 1.78. The Morgan fingerprint density at radius 1 is 1.53 bits per heavy atom. The van der Waals surface area contributed by atoms with Gasteiger partial charge in [0.2, 0.25) is 0 Å². The van der Waals surface area contributed by atoms with Crippen LogP contribution in [0.5, 0.6) is 0 Å². The van der Waals surface area contributed by atoms with Gasteiger partial charge in [0.15, 0.2) is 5.78 Å². The van der Waals surface area contributed by atoms with Gasteiger partial charge >= 0.3 is 0 Å². The predicted octanol–water partition coefficient (Wildman–Crippen LogP) is 2.18. The van der Waals surface area contributed by atoms with Crippen molar-refractivity contribution in [3.63, 3.8) is 0 Å². The third-order valence-corrected chi connectivity index (χ3v) is 2.34. The van der Waals surface area contributed by atoms with Gasteiger partial charge in [-0.2, -0.15) is 0 Å². The summed E-state index contributed by atoms with van der Waals surface area (Å²) in [7, 11) is 0. The van der Waals surface area contributed by atoms with Crippen molar-refractivity contribution >= 4 is 5.78 Å². The van der Waals surface area contributed by atoms with Gasteiger partial charge in [-0.25, -0.2) is 0 Å².